The Morgan fingerprint density at radius 2 is 2.21 bits per heavy atom. The number of carbonyl (C=O) groups is 1. The van der Waals surface area contributed by atoms with Crippen molar-refractivity contribution >= 4 is 33.6 Å². The number of aromatic nitrogens is 1. The maximum Gasteiger partial charge on any atom is 0.236 e. The van der Waals surface area contributed by atoms with Crippen LogP contribution in [0.15, 0.2) is 21.9 Å². The Morgan fingerprint density at radius 1 is 1.42 bits per heavy atom. The Kier molecular flexibility index (Phi) is 4.51. The molecule has 1 amide bonds. The van der Waals surface area contributed by atoms with Gasteiger partial charge in [-0.25, -0.2) is 4.98 Å². The molecule has 0 aliphatic rings. The molecule has 0 atom stereocenters. The van der Waals surface area contributed by atoms with Crippen LogP contribution in [0.5, 0.6) is 0 Å². The highest BCUT2D eigenvalue weighted by molar-refractivity contribution is 7.16. The van der Waals surface area contributed by atoms with Gasteiger partial charge in [0, 0.05) is 4.88 Å². The molecule has 0 fully saturated rings. The third-order valence-electron chi connectivity index (χ3n) is 3.70. The number of rotatable bonds is 4. The monoisotopic (exact) mass is 357 g/mol. The summed E-state index contributed by atoms with van der Waals surface area (Å²) in [6.07, 6.45) is 0.113. The van der Waals surface area contributed by atoms with Gasteiger partial charge in [0.1, 0.15) is 16.8 Å². The lowest BCUT2D eigenvalue weighted by atomic mass is 10.2. The molecule has 3 aromatic rings. The fourth-order valence-corrected chi connectivity index (χ4v) is 3.95. The summed E-state index contributed by atoms with van der Waals surface area (Å²) in [7, 11) is 0. The molecule has 1 N–H and O–H groups in total. The first-order valence-electron chi connectivity index (χ1n) is 7.29. The lowest BCUT2D eigenvalue weighted by Crippen LogP contribution is -2.15. The molecule has 0 saturated heterocycles. The van der Waals surface area contributed by atoms with Crippen LogP contribution in [0.4, 0.5) is 5.00 Å². The minimum atomic E-state index is -0.207. The average molecular weight is 357 g/mol. The Morgan fingerprint density at radius 3 is 2.88 bits per heavy atom. The van der Waals surface area contributed by atoms with Gasteiger partial charge >= 0.3 is 0 Å². The van der Waals surface area contributed by atoms with Crippen molar-refractivity contribution < 1.29 is 9.21 Å². The van der Waals surface area contributed by atoms with Crippen LogP contribution >= 0.6 is 22.7 Å². The molecule has 3 rings (SSSR count). The molecular formula is C17H15N3O2S2. The topological polar surface area (TPSA) is 78.9 Å². The van der Waals surface area contributed by atoms with Crippen molar-refractivity contribution in [3.63, 3.8) is 0 Å². The van der Waals surface area contributed by atoms with Gasteiger partial charge in [-0.1, -0.05) is 6.07 Å². The van der Waals surface area contributed by atoms with Crippen LogP contribution in [0.1, 0.15) is 27.5 Å². The number of hydrogen-bond acceptors (Lipinski definition) is 6. The molecule has 0 unspecified atom stereocenters. The van der Waals surface area contributed by atoms with E-state index in [4.69, 9.17) is 4.42 Å². The highest BCUT2D eigenvalue weighted by Gasteiger charge is 2.18. The maximum absolute atomic E-state index is 12.3. The number of nitrogens with one attached hydrogen (secondary N) is 1. The Labute approximate surface area is 147 Å². The number of carbonyl (C=O) groups excluding carboxylic acids is 1. The van der Waals surface area contributed by atoms with E-state index in [1.165, 1.54) is 22.7 Å². The van der Waals surface area contributed by atoms with E-state index in [1.54, 1.807) is 6.92 Å². The smallest absolute Gasteiger partial charge is 0.236 e. The molecule has 5 nitrogen and oxygen atoms in total. The third kappa shape index (κ3) is 3.11. The summed E-state index contributed by atoms with van der Waals surface area (Å²) in [5, 5.41) is 14.6. The lowest BCUT2D eigenvalue weighted by Gasteiger charge is -2.02. The highest BCUT2D eigenvalue weighted by Crippen LogP contribution is 2.32. The van der Waals surface area contributed by atoms with E-state index in [-0.39, 0.29) is 12.3 Å². The number of thiophene rings is 2. The summed E-state index contributed by atoms with van der Waals surface area (Å²) in [4.78, 5) is 18.7. The first-order chi connectivity index (χ1) is 11.5. The highest BCUT2D eigenvalue weighted by atomic mass is 32.1. The standard InChI is InChI=1S/C17H15N3O2S2/c1-9-11(3)24-17(12(9)8-18)20-15(21)7-13-10(2)22-16(19-13)14-5-4-6-23-14/h4-6H,7H2,1-3H3,(H,20,21). The maximum atomic E-state index is 12.3. The van der Waals surface area contributed by atoms with Gasteiger partial charge in [0.25, 0.3) is 0 Å². The minimum absolute atomic E-state index is 0.113. The second kappa shape index (κ2) is 6.59. The second-order valence-electron chi connectivity index (χ2n) is 5.32. The molecule has 0 saturated carbocycles. The second-order valence-corrected chi connectivity index (χ2v) is 7.50. The quantitative estimate of drug-likeness (QED) is 0.748. The van der Waals surface area contributed by atoms with Crippen molar-refractivity contribution in [3.8, 4) is 16.8 Å². The van der Waals surface area contributed by atoms with Crippen molar-refractivity contribution in [1.82, 2.24) is 4.98 Å². The average Bonchev–Trinajstić information content (AvgIpc) is 3.22. The first kappa shape index (κ1) is 16.4. The largest absolute Gasteiger partial charge is 0.440 e. The summed E-state index contributed by atoms with van der Waals surface area (Å²) < 4.78 is 5.65. The first-order valence-corrected chi connectivity index (χ1v) is 8.99. The minimum Gasteiger partial charge on any atom is -0.440 e. The van der Waals surface area contributed by atoms with E-state index in [9.17, 15) is 10.1 Å². The zero-order chi connectivity index (χ0) is 17.3. The van der Waals surface area contributed by atoms with Crippen LogP contribution in [0, 0.1) is 32.1 Å². The zero-order valence-corrected chi connectivity index (χ0v) is 15.1. The van der Waals surface area contributed by atoms with Gasteiger partial charge < -0.3 is 9.73 Å². The molecule has 0 aromatic carbocycles. The van der Waals surface area contributed by atoms with Gasteiger partial charge in [-0.15, -0.1) is 22.7 Å². The van der Waals surface area contributed by atoms with E-state index in [1.807, 2.05) is 31.4 Å². The molecule has 3 heterocycles. The van der Waals surface area contributed by atoms with E-state index in [2.05, 4.69) is 16.4 Å². The van der Waals surface area contributed by atoms with E-state index < -0.39 is 0 Å². The fraction of sp³-hybridized carbons (Fsp3) is 0.235. The van der Waals surface area contributed by atoms with Gasteiger partial charge in [0.05, 0.1) is 22.6 Å². The molecule has 0 bridgehead atoms. The molecule has 0 spiro atoms. The molecule has 0 aliphatic heterocycles. The van der Waals surface area contributed by atoms with Crippen LogP contribution in [-0.2, 0) is 11.2 Å². The third-order valence-corrected chi connectivity index (χ3v) is 5.68. The van der Waals surface area contributed by atoms with E-state index in [0.717, 1.165) is 15.3 Å². The van der Waals surface area contributed by atoms with Crippen molar-refractivity contribution in [2.24, 2.45) is 0 Å². The van der Waals surface area contributed by atoms with Crippen LogP contribution in [0.25, 0.3) is 10.8 Å². The van der Waals surface area contributed by atoms with E-state index >= 15 is 0 Å². The zero-order valence-electron chi connectivity index (χ0n) is 13.5. The number of amides is 1. The molecule has 7 heteroatoms. The van der Waals surface area contributed by atoms with Gasteiger partial charge in [0.2, 0.25) is 11.8 Å². The Balaban J connectivity index is 1.77. The summed E-state index contributed by atoms with van der Waals surface area (Å²) in [6, 6.07) is 6.01. The molecule has 3 aromatic heterocycles. The number of oxazole rings is 1. The van der Waals surface area contributed by atoms with E-state index in [0.29, 0.717) is 27.9 Å². The van der Waals surface area contributed by atoms with Crippen molar-refractivity contribution in [2.45, 2.75) is 27.2 Å². The van der Waals surface area contributed by atoms with Gasteiger partial charge in [-0.05, 0) is 37.8 Å². The summed E-state index contributed by atoms with van der Waals surface area (Å²) in [5.41, 5.74) is 2.05. The lowest BCUT2D eigenvalue weighted by molar-refractivity contribution is -0.115. The van der Waals surface area contributed by atoms with Gasteiger partial charge in [-0.2, -0.15) is 5.26 Å². The number of nitrogens with zero attached hydrogens (tertiary/aromatic N) is 2. The van der Waals surface area contributed by atoms with Crippen molar-refractivity contribution in [3.05, 3.63) is 45.0 Å². The van der Waals surface area contributed by atoms with Crippen LogP contribution in [0.3, 0.4) is 0 Å². The molecule has 24 heavy (non-hydrogen) atoms. The number of anilines is 1. The Bertz CT molecular complexity index is 930. The predicted octanol–water partition coefficient (Wildman–Crippen LogP) is 4.44. The normalized spacial score (nSPS) is 10.6. The van der Waals surface area contributed by atoms with Crippen LogP contribution in [-0.4, -0.2) is 10.9 Å². The summed E-state index contributed by atoms with van der Waals surface area (Å²) in [6.45, 7) is 5.62. The van der Waals surface area contributed by atoms with Gasteiger partial charge in [0.15, 0.2) is 0 Å². The number of aryl methyl sites for hydroxylation is 2. The van der Waals surface area contributed by atoms with Crippen LogP contribution < -0.4 is 5.32 Å². The Hall–Kier alpha value is -2.43. The molecular weight excluding hydrogens is 342 g/mol. The SMILES string of the molecule is Cc1oc(-c2cccs2)nc1CC(=O)Nc1sc(C)c(C)c1C#N. The molecule has 0 aliphatic carbocycles. The fourth-order valence-electron chi connectivity index (χ4n) is 2.27. The van der Waals surface area contributed by atoms with Crippen LogP contribution in [0.2, 0.25) is 0 Å². The number of hydrogen-bond donors (Lipinski definition) is 1. The van der Waals surface area contributed by atoms with Gasteiger partial charge in [-0.3, -0.25) is 4.79 Å². The summed E-state index contributed by atoms with van der Waals surface area (Å²) in [5.74, 6) is 0.959. The molecule has 122 valence electrons. The van der Waals surface area contributed by atoms with Crippen molar-refractivity contribution in [1.29, 1.82) is 5.26 Å². The number of nitriles is 1. The summed E-state index contributed by atoms with van der Waals surface area (Å²) >= 11 is 2.95. The predicted molar refractivity (Wildman–Crippen MR) is 95.4 cm³/mol. The molecule has 0 radical (unpaired) electrons. The van der Waals surface area contributed by atoms with Crippen molar-refractivity contribution in [2.75, 3.05) is 5.32 Å².